The Bertz CT molecular complexity index is 1170. The van der Waals surface area contributed by atoms with Crippen molar-refractivity contribution in [1.82, 2.24) is 9.29 Å². The molecule has 0 unspecified atom stereocenters. The van der Waals surface area contributed by atoms with Gasteiger partial charge in [-0.3, -0.25) is 10.1 Å². The lowest BCUT2D eigenvalue weighted by molar-refractivity contribution is 0.102. The zero-order chi connectivity index (χ0) is 22.6. The number of carbonyl (C=O) groups is 1. The normalized spacial score (nSPS) is 14.4. The second-order valence-electron chi connectivity index (χ2n) is 7.50. The molecule has 1 fully saturated rings. The van der Waals surface area contributed by atoms with Gasteiger partial charge in [-0.15, -0.1) is 11.3 Å². The predicted octanol–water partition coefficient (Wildman–Crippen LogP) is 4.64. The maximum Gasteiger partial charge on any atom is 0.257 e. The molecule has 1 aliphatic rings. The van der Waals surface area contributed by atoms with Gasteiger partial charge in [-0.25, -0.2) is 13.4 Å². The van der Waals surface area contributed by atoms with Crippen LogP contribution < -0.4 is 10.1 Å². The molecule has 2 heterocycles. The smallest absolute Gasteiger partial charge is 0.257 e. The van der Waals surface area contributed by atoms with Gasteiger partial charge in [-0.05, 0) is 67.8 Å². The molecule has 1 aromatic heterocycles. The van der Waals surface area contributed by atoms with E-state index in [1.54, 1.807) is 0 Å². The summed E-state index contributed by atoms with van der Waals surface area (Å²) >= 11 is 1.33. The van der Waals surface area contributed by atoms with Crippen LogP contribution in [0.25, 0.3) is 11.3 Å². The van der Waals surface area contributed by atoms with Crippen molar-refractivity contribution in [3.8, 4) is 17.0 Å². The van der Waals surface area contributed by atoms with Gasteiger partial charge in [-0.2, -0.15) is 4.31 Å². The molecule has 0 bridgehead atoms. The van der Waals surface area contributed by atoms with Crippen LogP contribution in [0.15, 0.2) is 58.8 Å². The highest BCUT2D eigenvalue weighted by molar-refractivity contribution is 7.89. The maximum atomic E-state index is 12.6. The zero-order valence-electron chi connectivity index (χ0n) is 17.8. The van der Waals surface area contributed by atoms with Crippen molar-refractivity contribution in [2.75, 3.05) is 25.0 Å². The fraction of sp³-hybridized carbons (Fsp3) is 0.304. The first-order valence-electron chi connectivity index (χ1n) is 10.6. The van der Waals surface area contributed by atoms with Crippen LogP contribution >= 0.6 is 11.3 Å². The summed E-state index contributed by atoms with van der Waals surface area (Å²) in [4.78, 5) is 17.3. The van der Waals surface area contributed by atoms with E-state index in [-0.39, 0.29) is 10.8 Å². The molecule has 1 amide bonds. The summed E-state index contributed by atoms with van der Waals surface area (Å²) in [7, 11) is -3.49. The van der Waals surface area contributed by atoms with E-state index >= 15 is 0 Å². The minimum absolute atomic E-state index is 0.207. The lowest BCUT2D eigenvalue weighted by atomic mass is 10.2. The topological polar surface area (TPSA) is 88.6 Å². The Hall–Kier alpha value is -2.75. The Morgan fingerprint density at radius 2 is 1.78 bits per heavy atom. The third kappa shape index (κ3) is 5.01. The highest BCUT2D eigenvalue weighted by atomic mass is 32.2. The molecule has 0 radical (unpaired) electrons. The van der Waals surface area contributed by atoms with Gasteiger partial charge >= 0.3 is 0 Å². The molecule has 9 heteroatoms. The molecule has 1 N–H and O–H groups in total. The monoisotopic (exact) mass is 471 g/mol. The second kappa shape index (κ2) is 9.81. The van der Waals surface area contributed by atoms with E-state index in [9.17, 15) is 13.2 Å². The average Bonchev–Trinajstić information content (AvgIpc) is 3.51. The largest absolute Gasteiger partial charge is 0.494 e. The van der Waals surface area contributed by atoms with Gasteiger partial charge in [0.25, 0.3) is 5.91 Å². The minimum atomic E-state index is -3.49. The summed E-state index contributed by atoms with van der Waals surface area (Å²) in [6.45, 7) is 3.83. The highest BCUT2D eigenvalue weighted by Crippen LogP contribution is 2.27. The number of anilines is 1. The lowest BCUT2D eigenvalue weighted by Gasteiger charge is -2.15. The van der Waals surface area contributed by atoms with Crippen molar-refractivity contribution in [2.24, 2.45) is 0 Å². The summed E-state index contributed by atoms with van der Waals surface area (Å²) in [5.74, 6) is 0.480. The summed E-state index contributed by atoms with van der Waals surface area (Å²) in [6, 6.07) is 13.7. The molecule has 168 valence electrons. The molecule has 0 spiro atoms. The first-order valence-corrected chi connectivity index (χ1v) is 12.9. The summed E-state index contributed by atoms with van der Waals surface area (Å²) in [6.07, 6.45) is 2.71. The number of benzene rings is 2. The molecule has 32 heavy (non-hydrogen) atoms. The van der Waals surface area contributed by atoms with Gasteiger partial charge in [0.1, 0.15) is 5.75 Å². The number of hydrogen-bond acceptors (Lipinski definition) is 6. The molecule has 3 aromatic rings. The Labute approximate surface area is 192 Å². The van der Waals surface area contributed by atoms with Gasteiger partial charge in [-0.1, -0.05) is 6.92 Å². The number of rotatable bonds is 8. The van der Waals surface area contributed by atoms with E-state index in [0.717, 1.165) is 36.3 Å². The lowest BCUT2D eigenvalue weighted by Crippen LogP contribution is -2.27. The number of amides is 1. The van der Waals surface area contributed by atoms with Crippen LogP contribution in [0.3, 0.4) is 0 Å². The van der Waals surface area contributed by atoms with Crippen LogP contribution in [0, 0.1) is 0 Å². The van der Waals surface area contributed by atoms with Crippen molar-refractivity contribution in [3.63, 3.8) is 0 Å². The van der Waals surface area contributed by atoms with Crippen molar-refractivity contribution >= 4 is 32.4 Å². The number of hydrogen-bond donors (Lipinski definition) is 1. The van der Waals surface area contributed by atoms with Gasteiger partial charge in [0.05, 0.1) is 17.2 Å². The molecule has 1 saturated heterocycles. The molecule has 7 nitrogen and oxygen atoms in total. The SMILES string of the molecule is CCCOc1ccc(-c2csc(NC(=O)c3ccc(S(=O)(=O)N4CCCC4)cc3)n2)cc1. The van der Waals surface area contributed by atoms with E-state index in [4.69, 9.17) is 4.74 Å². The van der Waals surface area contributed by atoms with Crippen LogP contribution in [0.2, 0.25) is 0 Å². The molecule has 2 aromatic carbocycles. The summed E-state index contributed by atoms with van der Waals surface area (Å²) < 4.78 is 32.3. The van der Waals surface area contributed by atoms with Crippen LogP contribution in [-0.2, 0) is 10.0 Å². The van der Waals surface area contributed by atoms with E-state index in [0.29, 0.717) is 30.4 Å². The van der Waals surface area contributed by atoms with Crippen LogP contribution in [0.4, 0.5) is 5.13 Å². The number of ether oxygens (including phenoxy) is 1. The Kier molecular flexibility index (Phi) is 6.88. The summed E-state index contributed by atoms with van der Waals surface area (Å²) in [5.41, 5.74) is 2.07. The zero-order valence-corrected chi connectivity index (χ0v) is 19.4. The van der Waals surface area contributed by atoms with Crippen LogP contribution in [0.5, 0.6) is 5.75 Å². The third-order valence-electron chi connectivity index (χ3n) is 5.17. The van der Waals surface area contributed by atoms with E-state index in [2.05, 4.69) is 17.2 Å². The average molecular weight is 472 g/mol. The quantitative estimate of drug-likeness (QED) is 0.517. The molecular formula is C23H25N3O4S2. The van der Waals surface area contributed by atoms with Gasteiger partial charge in [0.15, 0.2) is 5.13 Å². The highest BCUT2D eigenvalue weighted by Gasteiger charge is 2.27. The first-order chi connectivity index (χ1) is 15.5. The minimum Gasteiger partial charge on any atom is -0.494 e. The Morgan fingerprint density at radius 3 is 2.44 bits per heavy atom. The van der Waals surface area contributed by atoms with E-state index < -0.39 is 10.0 Å². The number of thiazole rings is 1. The maximum absolute atomic E-state index is 12.6. The first kappa shape index (κ1) is 22.4. The van der Waals surface area contributed by atoms with Gasteiger partial charge < -0.3 is 4.74 Å². The number of aromatic nitrogens is 1. The van der Waals surface area contributed by atoms with Gasteiger partial charge in [0.2, 0.25) is 10.0 Å². The number of nitrogens with one attached hydrogen (secondary N) is 1. The number of sulfonamides is 1. The number of carbonyl (C=O) groups excluding carboxylic acids is 1. The molecule has 1 aliphatic heterocycles. The van der Waals surface area contributed by atoms with Crippen molar-refractivity contribution in [1.29, 1.82) is 0 Å². The Balaban J connectivity index is 1.41. The fourth-order valence-electron chi connectivity index (χ4n) is 3.43. The molecule has 4 rings (SSSR count). The van der Waals surface area contributed by atoms with E-state index in [1.165, 1.54) is 39.9 Å². The molecule has 0 saturated carbocycles. The van der Waals surface area contributed by atoms with E-state index in [1.807, 2.05) is 29.6 Å². The second-order valence-corrected chi connectivity index (χ2v) is 10.3. The van der Waals surface area contributed by atoms with Gasteiger partial charge in [0, 0.05) is 29.6 Å². The van der Waals surface area contributed by atoms with Crippen molar-refractivity contribution in [2.45, 2.75) is 31.1 Å². The van der Waals surface area contributed by atoms with Crippen LogP contribution in [0.1, 0.15) is 36.5 Å². The Morgan fingerprint density at radius 1 is 1.09 bits per heavy atom. The van der Waals surface area contributed by atoms with Crippen molar-refractivity contribution in [3.05, 3.63) is 59.5 Å². The third-order valence-corrected chi connectivity index (χ3v) is 7.84. The molecular weight excluding hydrogens is 446 g/mol. The molecule has 0 aliphatic carbocycles. The predicted molar refractivity (Wildman–Crippen MR) is 126 cm³/mol. The van der Waals surface area contributed by atoms with Crippen molar-refractivity contribution < 1.29 is 17.9 Å². The summed E-state index contributed by atoms with van der Waals surface area (Å²) in [5, 5.41) is 5.14. The fourth-order valence-corrected chi connectivity index (χ4v) is 5.66. The number of nitrogens with zero attached hydrogens (tertiary/aromatic N) is 2. The standard InChI is InChI=1S/C23H25N3O4S2/c1-2-15-30-19-9-5-17(6-10-19)21-16-31-23(24-21)25-22(27)18-7-11-20(12-8-18)32(28,29)26-13-3-4-14-26/h5-12,16H,2-4,13-15H2,1H3,(H,24,25,27). The van der Waals surface area contributed by atoms with Crippen LogP contribution in [-0.4, -0.2) is 43.3 Å². The molecule has 0 atom stereocenters.